The summed E-state index contributed by atoms with van der Waals surface area (Å²) in [5.74, 6) is 3.74. The average Bonchev–Trinajstić information content (AvgIpc) is 2.94. The summed E-state index contributed by atoms with van der Waals surface area (Å²) < 4.78 is 13.3. The van der Waals surface area contributed by atoms with Gasteiger partial charge in [0.25, 0.3) is 5.91 Å². The van der Waals surface area contributed by atoms with Crippen molar-refractivity contribution < 1.29 is 19.1 Å². The maximum atomic E-state index is 13.3. The van der Waals surface area contributed by atoms with E-state index in [0.29, 0.717) is 5.56 Å². The lowest BCUT2D eigenvalue weighted by atomic mass is 9.87. The Hall–Kier alpha value is -2.72. The Labute approximate surface area is 168 Å². The third-order valence-corrected chi connectivity index (χ3v) is 4.79. The third-order valence-electron chi connectivity index (χ3n) is 4.16. The van der Waals surface area contributed by atoms with Gasteiger partial charge in [-0.1, -0.05) is 35.3 Å². The zero-order valence-electron chi connectivity index (χ0n) is 14.1. The van der Waals surface area contributed by atoms with Crippen molar-refractivity contribution in [3.05, 3.63) is 63.4 Å². The standard InChI is InChI=1S/C17H14Cl2FN5O3/c18-10-5-6-11(19)14-13(10)17(28,15(26)22-14)7-12(24-25-16(27)23-21)8-1-3-9(20)4-2-8/h1-6,28H,7,21H2,(H,22,26)(H2,23,25,27)/b24-12+/t17-/m0/s1. The number of carbonyl (C=O) groups excluding carboxylic acids is 2. The van der Waals surface area contributed by atoms with Gasteiger partial charge < -0.3 is 10.4 Å². The van der Waals surface area contributed by atoms with E-state index in [0.717, 1.165) is 0 Å². The van der Waals surface area contributed by atoms with Gasteiger partial charge in [-0.25, -0.2) is 20.5 Å². The lowest BCUT2D eigenvalue weighted by Crippen LogP contribution is -2.40. The van der Waals surface area contributed by atoms with E-state index in [9.17, 15) is 19.1 Å². The summed E-state index contributed by atoms with van der Waals surface area (Å²) in [5, 5.41) is 17.9. The van der Waals surface area contributed by atoms with Crippen molar-refractivity contribution in [2.24, 2.45) is 10.9 Å². The molecule has 3 amide bonds. The Kier molecular flexibility index (Phi) is 5.52. The molecule has 28 heavy (non-hydrogen) atoms. The molecule has 0 saturated heterocycles. The minimum Gasteiger partial charge on any atom is -0.375 e. The van der Waals surface area contributed by atoms with E-state index in [4.69, 9.17) is 29.0 Å². The van der Waals surface area contributed by atoms with Crippen LogP contribution in [0.1, 0.15) is 17.5 Å². The van der Waals surface area contributed by atoms with Crippen molar-refractivity contribution in [3.63, 3.8) is 0 Å². The van der Waals surface area contributed by atoms with Crippen molar-refractivity contribution in [2.75, 3.05) is 5.32 Å². The molecule has 2 aromatic carbocycles. The first kappa shape index (κ1) is 20.0. The van der Waals surface area contributed by atoms with E-state index >= 15 is 0 Å². The zero-order valence-corrected chi connectivity index (χ0v) is 15.6. The maximum Gasteiger partial charge on any atom is 0.349 e. The highest BCUT2D eigenvalue weighted by molar-refractivity contribution is 6.38. The largest absolute Gasteiger partial charge is 0.375 e. The topological polar surface area (TPSA) is 129 Å². The number of urea groups is 1. The molecule has 1 aliphatic heterocycles. The summed E-state index contributed by atoms with van der Waals surface area (Å²) in [5.41, 5.74) is 2.53. The Morgan fingerprint density at radius 2 is 1.86 bits per heavy atom. The van der Waals surface area contributed by atoms with Gasteiger partial charge in [0.05, 0.1) is 16.4 Å². The second-order valence-electron chi connectivity index (χ2n) is 5.92. The van der Waals surface area contributed by atoms with E-state index in [1.165, 1.54) is 36.4 Å². The molecule has 8 nitrogen and oxygen atoms in total. The number of hydrogen-bond donors (Lipinski definition) is 5. The second kappa shape index (κ2) is 7.72. The number of aliphatic hydroxyl groups is 1. The Morgan fingerprint density at radius 1 is 1.21 bits per heavy atom. The van der Waals surface area contributed by atoms with Gasteiger partial charge in [-0.05, 0) is 29.8 Å². The molecule has 0 saturated carbocycles. The van der Waals surface area contributed by atoms with Crippen molar-refractivity contribution in [1.29, 1.82) is 0 Å². The highest BCUT2D eigenvalue weighted by Gasteiger charge is 2.48. The number of benzene rings is 2. The van der Waals surface area contributed by atoms with Crippen LogP contribution in [0.2, 0.25) is 10.0 Å². The van der Waals surface area contributed by atoms with Crippen LogP contribution in [-0.2, 0) is 10.4 Å². The first-order valence-corrected chi connectivity index (χ1v) is 8.63. The molecule has 2 aromatic rings. The summed E-state index contributed by atoms with van der Waals surface area (Å²) >= 11 is 12.3. The summed E-state index contributed by atoms with van der Waals surface area (Å²) in [4.78, 5) is 23.9. The van der Waals surface area contributed by atoms with Crippen molar-refractivity contribution >= 4 is 46.5 Å². The van der Waals surface area contributed by atoms with Crippen LogP contribution in [0.25, 0.3) is 0 Å². The number of hydrazone groups is 1. The van der Waals surface area contributed by atoms with Crippen LogP contribution in [0.5, 0.6) is 0 Å². The van der Waals surface area contributed by atoms with E-state index in [1.54, 1.807) is 0 Å². The minimum atomic E-state index is -2.12. The first-order chi connectivity index (χ1) is 13.3. The molecule has 0 spiro atoms. The van der Waals surface area contributed by atoms with Gasteiger partial charge in [0, 0.05) is 17.0 Å². The fraction of sp³-hybridized carbons (Fsp3) is 0.118. The monoisotopic (exact) mass is 425 g/mol. The van der Waals surface area contributed by atoms with Gasteiger partial charge >= 0.3 is 6.03 Å². The number of nitrogens with one attached hydrogen (secondary N) is 3. The van der Waals surface area contributed by atoms with E-state index < -0.39 is 23.4 Å². The fourth-order valence-corrected chi connectivity index (χ4v) is 3.34. The molecule has 0 fully saturated rings. The lowest BCUT2D eigenvalue weighted by Gasteiger charge is -2.23. The van der Waals surface area contributed by atoms with E-state index in [2.05, 4.69) is 15.8 Å². The number of hydrogen-bond acceptors (Lipinski definition) is 5. The predicted molar refractivity (Wildman–Crippen MR) is 102 cm³/mol. The molecule has 0 aliphatic carbocycles. The highest BCUT2D eigenvalue weighted by atomic mass is 35.5. The molecule has 0 radical (unpaired) electrons. The predicted octanol–water partition coefficient (Wildman–Crippen LogP) is 2.24. The molecule has 1 heterocycles. The van der Waals surface area contributed by atoms with Crippen molar-refractivity contribution in [3.8, 4) is 0 Å². The number of nitrogens with two attached hydrogens (primary N) is 1. The minimum absolute atomic E-state index is 0.0742. The van der Waals surface area contributed by atoms with Gasteiger partial charge in [-0.2, -0.15) is 5.10 Å². The Bertz CT molecular complexity index is 984. The molecule has 6 N–H and O–H groups in total. The van der Waals surface area contributed by atoms with Gasteiger partial charge in [0.15, 0.2) is 5.60 Å². The second-order valence-corrected chi connectivity index (χ2v) is 6.74. The third kappa shape index (κ3) is 3.65. The van der Waals surface area contributed by atoms with Crippen LogP contribution < -0.4 is 22.0 Å². The number of hydrazine groups is 1. The molecule has 1 aliphatic rings. The number of anilines is 1. The molecule has 3 rings (SSSR count). The van der Waals surface area contributed by atoms with Crippen LogP contribution in [-0.4, -0.2) is 22.8 Å². The van der Waals surface area contributed by atoms with Crippen LogP contribution in [0, 0.1) is 5.82 Å². The molecule has 11 heteroatoms. The van der Waals surface area contributed by atoms with E-state index in [1.807, 2.05) is 5.43 Å². The normalized spacial score (nSPS) is 18.5. The number of nitrogens with zero attached hydrogens (tertiary/aromatic N) is 1. The van der Waals surface area contributed by atoms with Crippen LogP contribution in [0.15, 0.2) is 41.5 Å². The zero-order chi connectivity index (χ0) is 20.5. The van der Waals surface area contributed by atoms with E-state index in [-0.39, 0.29) is 33.4 Å². The van der Waals surface area contributed by atoms with Crippen molar-refractivity contribution in [2.45, 2.75) is 12.0 Å². The van der Waals surface area contributed by atoms with Gasteiger partial charge in [-0.15, -0.1) is 0 Å². The molecule has 0 unspecified atom stereocenters. The fourth-order valence-electron chi connectivity index (χ4n) is 2.82. The Balaban J connectivity index is 2.06. The molecule has 0 bridgehead atoms. The Morgan fingerprint density at radius 3 is 2.50 bits per heavy atom. The summed E-state index contributed by atoms with van der Waals surface area (Å²) in [7, 11) is 0. The summed E-state index contributed by atoms with van der Waals surface area (Å²) in [6, 6.07) is 7.21. The number of carbonyl (C=O) groups is 2. The molecule has 146 valence electrons. The van der Waals surface area contributed by atoms with Gasteiger partial charge in [0.2, 0.25) is 0 Å². The van der Waals surface area contributed by atoms with Crippen LogP contribution in [0.3, 0.4) is 0 Å². The highest BCUT2D eigenvalue weighted by Crippen LogP contribution is 2.46. The van der Waals surface area contributed by atoms with Crippen LogP contribution >= 0.6 is 23.2 Å². The number of rotatable bonds is 4. The van der Waals surface area contributed by atoms with Gasteiger partial charge in [-0.3, -0.25) is 10.2 Å². The van der Waals surface area contributed by atoms with Crippen LogP contribution in [0.4, 0.5) is 14.9 Å². The van der Waals surface area contributed by atoms with Gasteiger partial charge in [0.1, 0.15) is 5.82 Å². The van der Waals surface area contributed by atoms with Crippen molar-refractivity contribution in [1.82, 2.24) is 10.9 Å². The lowest BCUT2D eigenvalue weighted by molar-refractivity contribution is -0.132. The smallest absolute Gasteiger partial charge is 0.349 e. The SMILES string of the molecule is NNC(=O)N/N=C(\C[C@@]1(O)C(=O)Nc2c(Cl)ccc(Cl)c21)c1ccc(F)cc1. The molecular weight excluding hydrogens is 412 g/mol. The number of fused-ring (bicyclic) bond motifs is 1. The first-order valence-electron chi connectivity index (χ1n) is 7.87. The summed E-state index contributed by atoms with van der Waals surface area (Å²) in [6.07, 6.45) is -0.387. The maximum absolute atomic E-state index is 13.3. The molecule has 1 atom stereocenters. The summed E-state index contributed by atoms with van der Waals surface area (Å²) in [6.45, 7) is 0. The molecule has 0 aromatic heterocycles. The quantitative estimate of drug-likeness (QED) is 0.222. The average molecular weight is 426 g/mol. The molecular formula is C17H14Cl2FN5O3. The number of halogens is 3. The number of amides is 3.